The van der Waals surface area contributed by atoms with Crippen molar-refractivity contribution in [2.75, 3.05) is 39.6 Å². The summed E-state index contributed by atoms with van der Waals surface area (Å²) in [5, 5.41) is 3.35. The summed E-state index contributed by atoms with van der Waals surface area (Å²) in [5.74, 6) is 1.72. The smallest absolute Gasteiger partial charge is 0.193 e. The van der Waals surface area contributed by atoms with Gasteiger partial charge in [0.15, 0.2) is 17.4 Å². The Morgan fingerprint density at radius 1 is 1.17 bits per heavy atom. The molecule has 0 unspecified atom stereocenters. The minimum absolute atomic E-state index is 0.351. The van der Waals surface area contributed by atoms with E-state index in [0.717, 1.165) is 17.7 Å². The summed E-state index contributed by atoms with van der Waals surface area (Å²) < 4.78 is 22.1. The molecule has 1 aliphatic carbocycles. The van der Waals surface area contributed by atoms with Gasteiger partial charge in [-0.3, -0.25) is 0 Å². The van der Waals surface area contributed by atoms with Gasteiger partial charge in [0.2, 0.25) is 0 Å². The van der Waals surface area contributed by atoms with Gasteiger partial charge in [0.25, 0.3) is 0 Å². The van der Waals surface area contributed by atoms with Gasteiger partial charge in [-0.05, 0) is 26.3 Å². The number of hydrogen-bond donors (Lipinski definition) is 2. The lowest BCUT2D eigenvalue weighted by Gasteiger charge is -2.26. The van der Waals surface area contributed by atoms with Gasteiger partial charge < -0.3 is 30.0 Å². The van der Waals surface area contributed by atoms with E-state index >= 15 is 0 Å². The molecule has 1 aliphatic heterocycles. The molecule has 0 amide bonds. The summed E-state index contributed by atoms with van der Waals surface area (Å²) in [5.41, 5.74) is 7.90. The molecule has 0 radical (unpaired) electrons. The van der Waals surface area contributed by atoms with E-state index in [4.69, 9.17) is 24.7 Å². The quantitative estimate of drug-likeness (QED) is 0.599. The van der Waals surface area contributed by atoms with E-state index in [-0.39, 0.29) is 0 Å². The van der Waals surface area contributed by atoms with Crippen molar-refractivity contribution in [3.8, 4) is 0 Å². The zero-order valence-corrected chi connectivity index (χ0v) is 13.9. The molecule has 2 rings (SSSR count). The predicted molar refractivity (Wildman–Crippen MR) is 88.1 cm³/mol. The number of allylic oxidation sites excluding steroid dienone is 4. The molecular formula is C17H26N2O4. The first-order valence-electron chi connectivity index (χ1n) is 8.07. The first kappa shape index (κ1) is 17.4. The van der Waals surface area contributed by atoms with Crippen LogP contribution in [0.5, 0.6) is 0 Å². The first-order valence-corrected chi connectivity index (χ1v) is 8.07. The van der Waals surface area contributed by atoms with E-state index in [0.29, 0.717) is 57.0 Å². The molecular weight excluding hydrogens is 296 g/mol. The number of ether oxygens (including phenoxy) is 4. The van der Waals surface area contributed by atoms with E-state index in [1.165, 1.54) is 0 Å². The van der Waals surface area contributed by atoms with Crippen LogP contribution < -0.4 is 11.1 Å². The average Bonchev–Trinajstić information content (AvgIpc) is 2.55. The largest absolute Gasteiger partial charge is 0.487 e. The maximum absolute atomic E-state index is 5.90. The average molecular weight is 322 g/mol. The number of fused-ring (bicyclic) bond motifs is 1. The maximum atomic E-state index is 5.90. The summed E-state index contributed by atoms with van der Waals surface area (Å²) in [6.07, 6.45) is 6.55. The third-order valence-corrected chi connectivity index (χ3v) is 3.38. The van der Waals surface area contributed by atoms with Crippen LogP contribution in [0.3, 0.4) is 0 Å². The normalized spacial score (nSPS) is 16.9. The Balaban J connectivity index is 2.07. The zero-order chi connectivity index (χ0) is 16.5. The Morgan fingerprint density at radius 3 is 2.74 bits per heavy atom. The van der Waals surface area contributed by atoms with Crippen molar-refractivity contribution in [1.82, 2.24) is 5.32 Å². The van der Waals surface area contributed by atoms with Gasteiger partial charge in [-0.2, -0.15) is 0 Å². The fraction of sp³-hybridized carbons (Fsp3) is 0.529. The Bertz CT molecular complexity index is 521. The molecule has 6 heteroatoms. The van der Waals surface area contributed by atoms with Crippen LogP contribution in [-0.4, -0.2) is 39.6 Å². The number of rotatable bonds is 10. The van der Waals surface area contributed by atoms with Gasteiger partial charge >= 0.3 is 0 Å². The number of nitrogens with one attached hydrogen (secondary N) is 1. The zero-order valence-electron chi connectivity index (χ0n) is 13.9. The van der Waals surface area contributed by atoms with E-state index in [9.17, 15) is 0 Å². The molecule has 0 aromatic rings. The molecule has 23 heavy (non-hydrogen) atoms. The summed E-state index contributed by atoms with van der Waals surface area (Å²) in [7, 11) is 0. The Labute approximate surface area is 137 Å². The lowest BCUT2D eigenvalue weighted by Crippen LogP contribution is -2.25. The van der Waals surface area contributed by atoms with Gasteiger partial charge in [0.1, 0.15) is 6.61 Å². The van der Waals surface area contributed by atoms with Crippen LogP contribution in [0.2, 0.25) is 0 Å². The number of nitrogens with two attached hydrogens (primary N) is 1. The van der Waals surface area contributed by atoms with E-state index < -0.39 is 0 Å². The fourth-order valence-corrected chi connectivity index (χ4v) is 2.35. The van der Waals surface area contributed by atoms with Gasteiger partial charge in [0, 0.05) is 37.1 Å². The molecule has 0 spiro atoms. The summed E-state index contributed by atoms with van der Waals surface area (Å²) >= 11 is 0. The topological polar surface area (TPSA) is 75.0 Å². The Morgan fingerprint density at radius 2 is 1.96 bits per heavy atom. The third kappa shape index (κ3) is 5.04. The van der Waals surface area contributed by atoms with Crippen molar-refractivity contribution in [3.63, 3.8) is 0 Å². The molecule has 0 aromatic heterocycles. The molecule has 3 N–H and O–H groups in total. The monoisotopic (exact) mass is 322 g/mol. The van der Waals surface area contributed by atoms with Crippen LogP contribution >= 0.6 is 0 Å². The van der Waals surface area contributed by atoms with E-state index in [1.807, 2.05) is 26.0 Å². The van der Waals surface area contributed by atoms with Crippen LogP contribution in [0, 0.1) is 0 Å². The van der Waals surface area contributed by atoms with Crippen molar-refractivity contribution in [1.29, 1.82) is 0 Å². The molecule has 128 valence electrons. The summed E-state index contributed by atoms with van der Waals surface area (Å²) in [4.78, 5) is 0. The predicted octanol–water partition coefficient (Wildman–Crippen LogP) is 1.92. The second-order valence-corrected chi connectivity index (χ2v) is 5.01. The molecule has 6 nitrogen and oxygen atoms in total. The lowest BCUT2D eigenvalue weighted by molar-refractivity contribution is 0.0814. The highest BCUT2D eigenvalue weighted by atomic mass is 16.5. The second kappa shape index (κ2) is 9.27. The molecule has 0 fully saturated rings. The van der Waals surface area contributed by atoms with Crippen LogP contribution in [0.15, 0.2) is 46.9 Å². The van der Waals surface area contributed by atoms with Crippen molar-refractivity contribution in [2.45, 2.75) is 20.3 Å². The SMILES string of the molecule is CCOCCNC1=C2CC=CC(OCCOCC)=C2OC(N)=C1. The summed E-state index contributed by atoms with van der Waals surface area (Å²) in [6.45, 7) is 7.71. The molecule has 1 heterocycles. The number of hydrogen-bond acceptors (Lipinski definition) is 6. The highest BCUT2D eigenvalue weighted by Crippen LogP contribution is 2.33. The fourth-order valence-electron chi connectivity index (χ4n) is 2.35. The molecule has 0 atom stereocenters. The highest BCUT2D eigenvalue weighted by molar-refractivity contribution is 5.47. The van der Waals surface area contributed by atoms with Crippen LogP contribution in [0.1, 0.15) is 20.3 Å². The molecule has 2 aliphatic rings. The first-order chi connectivity index (χ1) is 11.3. The summed E-state index contributed by atoms with van der Waals surface area (Å²) in [6, 6.07) is 0. The molecule has 0 saturated heterocycles. The maximum Gasteiger partial charge on any atom is 0.193 e. The Hall–Kier alpha value is -1.92. The van der Waals surface area contributed by atoms with Crippen LogP contribution in [0.4, 0.5) is 0 Å². The highest BCUT2D eigenvalue weighted by Gasteiger charge is 2.24. The van der Waals surface area contributed by atoms with Crippen LogP contribution in [-0.2, 0) is 18.9 Å². The van der Waals surface area contributed by atoms with Gasteiger partial charge in [-0.1, -0.05) is 6.08 Å². The van der Waals surface area contributed by atoms with Crippen molar-refractivity contribution >= 4 is 0 Å². The van der Waals surface area contributed by atoms with Crippen LogP contribution in [0.25, 0.3) is 0 Å². The Kier molecular flexibility index (Phi) is 7.03. The van der Waals surface area contributed by atoms with Gasteiger partial charge in [-0.15, -0.1) is 0 Å². The molecule has 0 saturated carbocycles. The van der Waals surface area contributed by atoms with E-state index in [2.05, 4.69) is 11.4 Å². The van der Waals surface area contributed by atoms with Crippen molar-refractivity contribution in [3.05, 3.63) is 46.9 Å². The lowest BCUT2D eigenvalue weighted by atomic mass is 10.00. The van der Waals surface area contributed by atoms with E-state index in [1.54, 1.807) is 0 Å². The minimum Gasteiger partial charge on any atom is -0.487 e. The molecule has 0 aromatic carbocycles. The standard InChI is InChI=1S/C17H26N2O4/c1-3-20-9-8-19-14-12-16(18)23-17-13(14)6-5-7-15(17)22-11-10-21-4-2/h5,7,12,19H,3-4,6,8-11,18H2,1-2H3. The van der Waals surface area contributed by atoms with Gasteiger partial charge in [0.05, 0.1) is 13.2 Å². The van der Waals surface area contributed by atoms with Crippen molar-refractivity contribution < 1.29 is 18.9 Å². The third-order valence-electron chi connectivity index (χ3n) is 3.38. The second-order valence-electron chi connectivity index (χ2n) is 5.01. The minimum atomic E-state index is 0.351. The molecule has 0 bridgehead atoms. The van der Waals surface area contributed by atoms with Crippen molar-refractivity contribution in [2.24, 2.45) is 5.73 Å². The van der Waals surface area contributed by atoms with Gasteiger partial charge in [-0.25, -0.2) is 0 Å².